The lowest BCUT2D eigenvalue weighted by molar-refractivity contribution is 0.366. The van der Waals surface area contributed by atoms with E-state index >= 15 is 0 Å². The molecule has 0 N–H and O–H groups in total. The fraction of sp³-hybridized carbons (Fsp3) is 0.0909. The minimum Gasteiger partial charge on any atom is -0.420 e. The third kappa shape index (κ3) is 2.89. The number of allylic oxidation sites excluding steroid dienone is 1. The van der Waals surface area contributed by atoms with Crippen LogP contribution in [-0.4, -0.2) is 10.2 Å². The Morgan fingerprint density at radius 3 is 2.39 bits per heavy atom. The van der Waals surface area contributed by atoms with Crippen molar-refractivity contribution in [3.63, 3.8) is 0 Å². The number of aromatic nitrogens is 2. The van der Waals surface area contributed by atoms with Gasteiger partial charge in [-0.1, -0.05) is 11.6 Å². The van der Waals surface area contributed by atoms with Gasteiger partial charge in [0.05, 0.1) is 6.42 Å². The molecule has 0 spiro atoms. The summed E-state index contributed by atoms with van der Waals surface area (Å²) in [5.74, 6) is -1.68. The van der Waals surface area contributed by atoms with Crippen LogP contribution in [0.5, 0.6) is 0 Å². The quantitative estimate of drug-likeness (QED) is 0.849. The second-order valence-corrected chi connectivity index (χ2v) is 3.79. The summed E-state index contributed by atoms with van der Waals surface area (Å²) in [5, 5.41) is 7.65. The molecule has 0 saturated heterocycles. The smallest absolute Gasteiger partial charge is 0.302 e. The maximum absolute atomic E-state index is 12.7. The van der Waals surface area contributed by atoms with Gasteiger partial charge in [0.1, 0.15) is 0 Å². The van der Waals surface area contributed by atoms with Crippen LogP contribution in [0.2, 0.25) is 5.02 Å². The van der Waals surface area contributed by atoms with Crippen LogP contribution in [0.15, 0.2) is 40.6 Å². The average molecular weight is 275 g/mol. The highest BCUT2D eigenvalue weighted by molar-refractivity contribution is 6.30. The minimum atomic E-state index is -2.39. The minimum absolute atomic E-state index is 0.119. The Bertz CT molecular complexity index is 576. The van der Waals surface area contributed by atoms with E-state index in [1.807, 2.05) is 0 Å². The molecule has 2 aromatic rings. The fourth-order valence-corrected chi connectivity index (χ4v) is 1.36. The van der Waals surface area contributed by atoms with E-state index in [0.29, 0.717) is 10.6 Å². The van der Waals surface area contributed by atoms with Crippen LogP contribution in [0.3, 0.4) is 0 Å². The first kappa shape index (κ1) is 12.6. The van der Waals surface area contributed by atoms with Crippen molar-refractivity contribution in [1.82, 2.24) is 10.2 Å². The van der Waals surface area contributed by atoms with Crippen LogP contribution in [0.25, 0.3) is 11.5 Å². The Labute approximate surface area is 105 Å². The summed E-state index contributed by atoms with van der Waals surface area (Å²) in [5.41, 5.74) is 0.572. The molecule has 94 valence electrons. The van der Waals surface area contributed by atoms with Crippen LogP contribution < -0.4 is 0 Å². The summed E-state index contributed by atoms with van der Waals surface area (Å²) in [6, 6.07) is 6.48. The third-order valence-corrected chi connectivity index (χ3v) is 2.32. The molecule has 0 fully saturated rings. The topological polar surface area (TPSA) is 38.9 Å². The zero-order chi connectivity index (χ0) is 13.1. The van der Waals surface area contributed by atoms with Gasteiger partial charge in [0.15, 0.2) is 5.83 Å². The highest BCUT2D eigenvalue weighted by Gasteiger charge is 2.13. The lowest BCUT2D eigenvalue weighted by Gasteiger charge is -1.94. The fourth-order valence-electron chi connectivity index (χ4n) is 1.23. The molecule has 0 aliphatic carbocycles. The Morgan fingerprint density at radius 2 is 1.78 bits per heavy atom. The maximum atomic E-state index is 12.7. The monoisotopic (exact) mass is 274 g/mol. The highest BCUT2D eigenvalue weighted by atomic mass is 35.5. The second-order valence-electron chi connectivity index (χ2n) is 3.35. The molecule has 0 atom stereocenters. The standard InChI is InChI=1S/C11H6ClF3N2O/c12-7-3-1-6(2-4-7)11-17-16-9(18-11)5-8(13)10(14)15/h1-4H,5H2. The maximum Gasteiger partial charge on any atom is 0.302 e. The molecule has 3 nitrogen and oxygen atoms in total. The lowest BCUT2D eigenvalue weighted by atomic mass is 10.2. The molecule has 0 radical (unpaired) electrons. The Morgan fingerprint density at radius 1 is 1.11 bits per heavy atom. The Balaban J connectivity index is 2.20. The predicted octanol–water partition coefficient (Wildman–Crippen LogP) is 4.01. The van der Waals surface area contributed by atoms with Crippen molar-refractivity contribution >= 4 is 11.6 Å². The number of halogens is 4. The van der Waals surface area contributed by atoms with Gasteiger partial charge in [-0.15, -0.1) is 10.2 Å². The summed E-state index contributed by atoms with van der Waals surface area (Å²) in [6.45, 7) is 0. The van der Waals surface area contributed by atoms with Crippen molar-refractivity contribution in [2.24, 2.45) is 0 Å². The van der Waals surface area contributed by atoms with E-state index in [1.165, 1.54) is 0 Å². The highest BCUT2D eigenvalue weighted by Crippen LogP contribution is 2.22. The molecule has 0 aliphatic heterocycles. The zero-order valence-corrected chi connectivity index (χ0v) is 9.59. The van der Waals surface area contributed by atoms with E-state index in [4.69, 9.17) is 16.0 Å². The zero-order valence-electron chi connectivity index (χ0n) is 8.83. The molecule has 0 unspecified atom stereocenters. The van der Waals surface area contributed by atoms with E-state index < -0.39 is 18.3 Å². The van der Waals surface area contributed by atoms with E-state index in [-0.39, 0.29) is 11.8 Å². The molecule has 1 aromatic carbocycles. The molecule has 18 heavy (non-hydrogen) atoms. The van der Waals surface area contributed by atoms with Crippen molar-refractivity contribution in [2.45, 2.75) is 6.42 Å². The average Bonchev–Trinajstić information content (AvgIpc) is 2.78. The van der Waals surface area contributed by atoms with E-state index in [2.05, 4.69) is 10.2 Å². The number of rotatable bonds is 3. The Hall–Kier alpha value is -1.82. The van der Waals surface area contributed by atoms with Crippen molar-refractivity contribution in [1.29, 1.82) is 0 Å². The SMILES string of the molecule is FC(F)=C(F)Cc1nnc(-c2ccc(Cl)cc2)o1. The Kier molecular flexibility index (Phi) is 3.66. The molecule has 7 heteroatoms. The molecular weight excluding hydrogens is 269 g/mol. The number of benzene rings is 1. The number of nitrogens with zero attached hydrogens (tertiary/aromatic N) is 2. The van der Waals surface area contributed by atoms with Crippen LogP contribution in [-0.2, 0) is 6.42 Å². The number of hydrogen-bond donors (Lipinski definition) is 0. The van der Waals surface area contributed by atoms with Crippen molar-refractivity contribution in [3.8, 4) is 11.5 Å². The molecule has 0 aliphatic rings. The normalized spacial score (nSPS) is 10.4. The van der Waals surface area contributed by atoms with Gasteiger partial charge in [0.2, 0.25) is 11.8 Å². The summed E-state index contributed by atoms with van der Waals surface area (Å²) in [6.07, 6.45) is -3.11. The van der Waals surface area contributed by atoms with Crippen molar-refractivity contribution in [3.05, 3.63) is 47.1 Å². The summed E-state index contributed by atoms with van der Waals surface area (Å²) in [7, 11) is 0. The second kappa shape index (κ2) is 5.22. The van der Waals surface area contributed by atoms with E-state index in [0.717, 1.165) is 0 Å². The van der Waals surface area contributed by atoms with Crippen molar-refractivity contribution < 1.29 is 17.6 Å². The van der Waals surface area contributed by atoms with Gasteiger partial charge >= 0.3 is 6.08 Å². The molecule has 0 saturated carbocycles. The molecule has 0 bridgehead atoms. The van der Waals surface area contributed by atoms with Gasteiger partial charge in [-0.2, -0.15) is 8.78 Å². The van der Waals surface area contributed by atoms with Gasteiger partial charge in [0.25, 0.3) is 0 Å². The van der Waals surface area contributed by atoms with Gasteiger partial charge < -0.3 is 4.42 Å². The predicted molar refractivity (Wildman–Crippen MR) is 58.8 cm³/mol. The summed E-state index contributed by atoms with van der Waals surface area (Å²) < 4.78 is 41.5. The summed E-state index contributed by atoms with van der Waals surface area (Å²) in [4.78, 5) is 0. The van der Waals surface area contributed by atoms with Gasteiger partial charge in [-0.3, -0.25) is 0 Å². The third-order valence-electron chi connectivity index (χ3n) is 2.07. The molecule has 0 amide bonds. The van der Waals surface area contributed by atoms with Gasteiger partial charge in [0, 0.05) is 10.6 Å². The van der Waals surface area contributed by atoms with Crippen LogP contribution in [0.1, 0.15) is 5.89 Å². The molecule has 2 rings (SSSR count). The molecule has 1 heterocycles. The van der Waals surface area contributed by atoms with Crippen LogP contribution in [0.4, 0.5) is 13.2 Å². The van der Waals surface area contributed by atoms with E-state index in [1.54, 1.807) is 24.3 Å². The van der Waals surface area contributed by atoms with Crippen LogP contribution >= 0.6 is 11.6 Å². The largest absolute Gasteiger partial charge is 0.420 e. The first-order chi connectivity index (χ1) is 8.56. The van der Waals surface area contributed by atoms with Gasteiger partial charge in [-0.05, 0) is 24.3 Å². The number of hydrogen-bond acceptors (Lipinski definition) is 3. The van der Waals surface area contributed by atoms with Gasteiger partial charge in [-0.25, -0.2) is 4.39 Å². The molecule has 1 aromatic heterocycles. The van der Waals surface area contributed by atoms with Crippen molar-refractivity contribution in [2.75, 3.05) is 0 Å². The molecular formula is C11H6ClF3N2O. The lowest BCUT2D eigenvalue weighted by Crippen LogP contribution is -1.86. The van der Waals surface area contributed by atoms with E-state index in [9.17, 15) is 13.2 Å². The first-order valence-electron chi connectivity index (χ1n) is 4.84. The van der Waals surface area contributed by atoms with Crippen LogP contribution in [0, 0.1) is 0 Å². The summed E-state index contributed by atoms with van der Waals surface area (Å²) >= 11 is 5.70. The first-order valence-corrected chi connectivity index (χ1v) is 5.22.